The Labute approximate surface area is 181 Å². The summed E-state index contributed by atoms with van der Waals surface area (Å²) < 4.78 is 10.3. The number of halogens is 1. The summed E-state index contributed by atoms with van der Waals surface area (Å²) >= 11 is 3.46. The van der Waals surface area contributed by atoms with Gasteiger partial charge in [-0.05, 0) is 33.6 Å². The van der Waals surface area contributed by atoms with E-state index in [4.69, 9.17) is 9.72 Å². The van der Waals surface area contributed by atoms with Crippen molar-refractivity contribution in [3.8, 4) is 0 Å². The van der Waals surface area contributed by atoms with Gasteiger partial charge < -0.3 is 13.7 Å². The molecule has 8 heteroatoms. The van der Waals surface area contributed by atoms with Gasteiger partial charge in [0.2, 0.25) is 0 Å². The first-order valence-corrected chi connectivity index (χ1v) is 10.9. The van der Waals surface area contributed by atoms with E-state index in [0.29, 0.717) is 24.1 Å². The lowest BCUT2D eigenvalue weighted by Crippen LogP contribution is -2.56. The third kappa shape index (κ3) is 3.15. The highest BCUT2D eigenvalue weighted by Gasteiger charge is 2.37. The van der Waals surface area contributed by atoms with Gasteiger partial charge in [-0.3, -0.25) is 14.7 Å². The number of rotatable bonds is 4. The van der Waals surface area contributed by atoms with Crippen molar-refractivity contribution in [1.29, 1.82) is 0 Å². The van der Waals surface area contributed by atoms with Crippen LogP contribution in [0, 0.1) is 0 Å². The third-order valence-corrected chi connectivity index (χ3v) is 6.62. The third-order valence-electron chi connectivity index (χ3n) is 5.99. The molecule has 0 N–H and O–H groups in total. The zero-order valence-electron chi connectivity index (χ0n) is 16.2. The molecule has 2 unspecified atom stereocenters. The smallest absolute Gasteiger partial charge is 0.260 e. The SMILES string of the molecule is O=c1c2cncc(Br)c2ccn1Cc1cn2cc(CN3CC4CC(C3)O4)ccc2n1. The molecule has 0 radical (unpaired) electrons. The molecule has 2 bridgehead atoms. The molecule has 7 rings (SSSR count). The number of hydrogen-bond acceptors (Lipinski definition) is 5. The Balaban J connectivity index is 1.26. The summed E-state index contributed by atoms with van der Waals surface area (Å²) in [4.78, 5) is 24.1. The van der Waals surface area contributed by atoms with Crippen LogP contribution in [0.4, 0.5) is 0 Å². The summed E-state index contributed by atoms with van der Waals surface area (Å²) in [5, 5.41) is 1.47. The number of fused-ring (bicyclic) bond motifs is 4. The monoisotopic (exact) mass is 465 g/mol. The molecule has 30 heavy (non-hydrogen) atoms. The van der Waals surface area contributed by atoms with Crippen molar-refractivity contribution in [3.63, 3.8) is 0 Å². The zero-order valence-corrected chi connectivity index (χ0v) is 17.8. The van der Waals surface area contributed by atoms with Crippen LogP contribution in [0.25, 0.3) is 16.4 Å². The molecule has 2 atom stereocenters. The molecule has 4 aromatic rings. The van der Waals surface area contributed by atoms with Crippen LogP contribution in [-0.4, -0.2) is 49.1 Å². The molecule has 0 amide bonds. The fraction of sp³-hybridized carbons (Fsp3) is 0.318. The standard InChI is InChI=1S/C22H20BrN5O2/c23-20-7-24-6-19-18(20)3-4-27(22(19)29)10-15-11-28-9-14(1-2-21(28)25-15)8-26-12-16-5-17(13-26)30-16/h1-4,6-7,9,11,16-17H,5,8,10,12-13H2. The lowest BCUT2D eigenvalue weighted by atomic mass is 9.98. The van der Waals surface area contributed by atoms with Gasteiger partial charge in [0.15, 0.2) is 0 Å². The Morgan fingerprint density at radius 1 is 1.07 bits per heavy atom. The van der Waals surface area contributed by atoms with E-state index in [0.717, 1.165) is 40.8 Å². The number of piperidine rings is 1. The average molecular weight is 466 g/mol. The minimum Gasteiger partial charge on any atom is -0.372 e. The molecule has 3 saturated heterocycles. The van der Waals surface area contributed by atoms with E-state index < -0.39 is 0 Å². The minimum atomic E-state index is -0.0649. The maximum absolute atomic E-state index is 12.9. The number of hydrogen-bond donors (Lipinski definition) is 0. The maximum Gasteiger partial charge on any atom is 0.260 e. The first-order chi connectivity index (χ1) is 14.6. The van der Waals surface area contributed by atoms with Crippen LogP contribution in [0.5, 0.6) is 0 Å². The van der Waals surface area contributed by atoms with E-state index in [1.807, 2.05) is 24.5 Å². The molecular formula is C22H20BrN5O2. The molecule has 0 spiro atoms. The number of nitrogens with zero attached hydrogens (tertiary/aromatic N) is 5. The van der Waals surface area contributed by atoms with E-state index >= 15 is 0 Å². The molecule has 0 saturated carbocycles. The van der Waals surface area contributed by atoms with E-state index in [1.54, 1.807) is 17.0 Å². The topological polar surface area (TPSA) is 64.7 Å². The second kappa shape index (κ2) is 7.01. The number of imidazole rings is 1. The summed E-state index contributed by atoms with van der Waals surface area (Å²) in [5.41, 5.74) is 2.93. The Bertz CT molecular complexity index is 1310. The van der Waals surface area contributed by atoms with Crippen molar-refractivity contribution in [1.82, 2.24) is 23.8 Å². The van der Waals surface area contributed by atoms with Crippen LogP contribution in [0.1, 0.15) is 17.7 Å². The fourth-order valence-corrected chi connectivity index (χ4v) is 5.02. The van der Waals surface area contributed by atoms with Crippen molar-refractivity contribution in [2.24, 2.45) is 0 Å². The highest BCUT2D eigenvalue weighted by molar-refractivity contribution is 9.10. The quantitative estimate of drug-likeness (QED) is 0.463. The van der Waals surface area contributed by atoms with Crippen LogP contribution >= 0.6 is 15.9 Å². The molecule has 4 aromatic heterocycles. The van der Waals surface area contributed by atoms with Crippen LogP contribution in [0.3, 0.4) is 0 Å². The molecule has 152 valence electrons. The molecule has 0 aromatic carbocycles. The van der Waals surface area contributed by atoms with Crippen molar-refractivity contribution in [3.05, 3.63) is 75.3 Å². The first-order valence-electron chi connectivity index (χ1n) is 10.1. The van der Waals surface area contributed by atoms with Gasteiger partial charge in [0.25, 0.3) is 5.56 Å². The molecule has 7 nitrogen and oxygen atoms in total. The van der Waals surface area contributed by atoms with E-state index in [2.05, 4.69) is 42.5 Å². The highest BCUT2D eigenvalue weighted by atomic mass is 79.9. The summed E-state index contributed by atoms with van der Waals surface area (Å²) in [5.74, 6) is 0. The molecule has 3 fully saturated rings. The predicted octanol–water partition coefficient (Wildman–Crippen LogP) is 2.83. The summed E-state index contributed by atoms with van der Waals surface area (Å²) in [6.07, 6.45) is 11.3. The second-order valence-corrected chi connectivity index (χ2v) is 9.03. The van der Waals surface area contributed by atoms with E-state index in [9.17, 15) is 4.79 Å². The Hall–Kier alpha value is -2.55. The number of ether oxygens (including phenoxy) is 1. The van der Waals surface area contributed by atoms with Crippen LogP contribution in [-0.2, 0) is 17.8 Å². The number of morpholine rings is 1. The van der Waals surface area contributed by atoms with Gasteiger partial charge in [0, 0.05) is 66.9 Å². The first kappa shape index (κ1) is 18.2. The largest absolute Gasteiger partial charge is 0.372 e. The number of pyridine rings is 3. The summed E-state index contributed by atoms with van der Waals surface area (Å²) in [6.45, 7) is 3.37. The number of aromatic nitrogens is 4. The minimum absolute atomic E-state index is 0.0649. The van der Waals surface area contributed by atoms with Crippen molar-refractivity contribution in [2.75, 3.05) is 13.1 Å². The van der Waals surface area contributed by atoms with Crippen LogP contribution in [0.2, 0.25) is 0 Å². The Kier molecular flexibility index (Phi) is 4.26. The van der Waals surface area contributed by atoms with Gasteiger partial charge in [0.1, 0.15) is 5.65 Å². The molecular weight excluding hydrogens is 446 g/mol. The van der Waals surface area contributed by atoms with Gasteiger partial charge >= 0.3 is 0 Å². The average Bonchev–Trinajstić information content (AvgIpc) is 3.12. The van der Waals surface area contributed by atoms with Crippen molar-refractivity contribution >= 4 is 32.3 Å². The maximum atomic E-state index is 12.9. The zero-order chi connectivity index (χ0) is 20.2. The van der Waals surface area contributed by atoms with Crippen molar-refractivity contribution in [2.45, 2.75) is 31.7 Å². The second-order valence-electron chi connectivity index (χ2n) is 8.18. The lowest BCUT2D eigenvalue weighted by molar-refractivity contribution is -0.182. The Morgan fingerprint density at radius 3 is 2.73 bits per heavy atom. The predicted molar refractivity (Wildman–Crippen MR) is 117 cm³/mol. The van der Waals surface area contributed by atoms with E-state index in [1.165, 1.54) is 12.0 Å². The van der Waals surface area contributed by atoms with Crippen LogP contribution in [0.15, 0.2) is 58.5 Å². The van der Waals surface area contributed by atoms with Crippen molar-refractivity contribution < 1.29 is 4.74 Å². The molecule has 3 aliphatic heterocycles. The highest BCUT2D eigenvalue weighted by Crippen LogP contribution is 2.28. The summed E-state index contributed by atoms with van der Waals surface area (Å²) in [7, 11) is 0. The summed E-state index contributed by atoms with van der Waals surface area (Å²) in [6, 6.07) is 6.12. The van der Waals surface area contributed by atoms with Gasteiger partial charge in [-0.2, -0.15) is 0 Å². The molecule has 3 aliphatic rings. The van der Waals surface area contributed by atoms with Gasteiger partial charge in [-0.25, -0.2) is 4.98 Å². The molecule has 7 heterocycles. The normalized spacial score (nSPS) is 21.2. The molecule has 0 aliphatic carbocycles. The Morgan fingerprint density at radius 2 is 1.90 bits per heavy atom. The lowest BCUT2D eigenvalue weighted by Gasteiger charge is -2.47. The van der Waals surface area contributed by atoms with Crippen LogP contribution < -0.4 is 5.56 Å². The van der Waals surface area contributed by atoms with Gasteiger partial charge in [-0.15, -0.1) is 0 Å². The fourth-order valence-electron chi connectivity index (χ4n) is 4.56. The van der Waals surface area contributed by atoms with Gasteiger partial charge in [0.05, 0.1) is 29.8 Å². The van der Waals surface area contributed by atoms with E-state index in [-0.39, 0.29) is 5.56 Å². The van der Waals surface area contributed by atoms with Gasteiger partial charge in [-0.1, -0.05) is 6.07 Å².